The molecule has 3 heteroatoms. The van der Waals surface area contributed by atoms with E-state index in [2.05, 4.69) is 39.4 Å². The van der Waals surface area contributed by atoms with E-state index in [0.717, 1.165) is 19.4 Å². The summed E-state index contributed by atoms with van der Waals surface area (Å²) in [6.07, 6.45) is 12.4. The Morgan fingerprint density at radius 2 is 2.21 bits per heavy atom. The molecule has 1 aliphatic heterocycles. The van der Waals surface area contributed by atoms with E-state index in [1.54, 1.807) is 0 Å². The number of hydrogen-bond donors (Lipinski definition) is 2. The number of terminal acetylenes is 1. The lowest BCUT2D eigenvalue weighted by Crippen LogP contribution is -2.51. The van der Waals surface area contributed by atoms with Crippen LogP contribution >= 0.6 is 22.6 Å². The van der Waals surface area contributed by atoms with Crippen LogP contribution in [0.2, 0.25) is 0 Å². The van der Waals surface area contributed by atoms with Crippen LogP contribution in [0.15, 0.2) is 0 Å². The number of hydrogen-bond acceptors (Lipinski definition) is 2. The lowest BCUT2D eigenvalue weighted by atomic mass is 9.86. The van der Waals surface area contributed by atoms with Gasteiger partial charge in [0.05, 0.1) is 0 Å². The summed E-state index contributed by atoms with van der Waals surface area (Å²) in [7, 11) is 0. The third-order valence-corrected chi connectivity index (χ3v) is 3.42. The van der Waals surface area contributed by atoms with Gasteiger partial charge in [-0.25, -0.2) is 0 Å². The molecule has 14 heavy (non-hydrogen) atoms. The van der Waals surface area contributed by atoms with Gasteiger partial charge in [0.15, 0.2) is 0 Å². The lowest BCUT2D eigenvalue weighted by Gasteiger charge is -2.32. The van der Waals surface area contributed by atoms with Crippen LogP contribution < -0.4 is 10.9 Å². The standard InChI is InChI=1S/C11H19IN2/c1-2-3-6-11(8-9-12)7-4-5-10-13-14-11/h1,13-14H,3-10H2. The summed E-state index contributed by atoms with van der Waals surface area (Å²) < 4.78 is 1.19. The van der Waals surface area contributed by atoms with Gasteiger partial charge in [-0.15, -0.1) is 12.3 Å². The second kappa shape index (κ2) is 6.65. The maximum Gasteiger partial charge on any atom is 0.0340 e. The van der Waals surface area contributed by atoms with Crippen LogP contribution in [-0.2, 0) is 0 Å². The maximum atomic E-state index is 5.34. The van der Waals surface area contributed by atoms with Crippen molar-refractivity contribution in [3.63, 3.8) is 0 Å². The van der Waals surface area contributed by atoms with Crippen LogP contribution in [0, 0.1) is 12.3 Å². The van der Waals surface area contributed by atoms with Crippen molar-refractivity contribution in [2.24, 2.45) is 0 Å². The molecule has 1 atom stereocenters. The quantitative estimate of drug-likeness (QED) is 0.473. The Hall–Kier alpha value is 0.210. The van der Waals surface area contributed by atoms with Crippen LogP contribution in [0.3, 0.4) is 0 Å². The fourth-order valence-corrected chi connectivity index (χ4v) is 3.01. The number of alkyl halides is 1. The molecule has 1 unspecified atom stereocenters. The van der Waals surface area contributed by atoms with Gasteiger partial charge in [0.1, 0.15) is 0 Å². The first kappa shape index (κ1) is 12.3. The van der Waals surface area contributed by atoms with Gasteiger partial charge in [0.25, 0.3) is 0 Å². The molecule has 80 valence electrons. The Morgan fingerprint density at radius 1 is 1.36 bits per heavy atom. The summed E-state index contributed by atoms with van der Waals surface area (Å²) in [6.45, 7) is 1.08. The fourth-order valence-electron chi connectivity index (χ4n) is 1.98. The van der Waals surface area contributed by atoms with Gasteiger partial charge in [-0.2, -0.15) is 0 Å². The minimum absolute atomic E-state index is 0.254. The summed E-state index contributed by atoms with van der Waals surface area (Å²) in [6, 6.07) is 0. The fraction of sp³-hybridized carbons (Fsp3) is 0.818. The van der Waals surface area contributed by atoms with Gasteiger partial charge >= 0.3 is 0 Å². The number of halogens is 1. The zero-order valence-electron chi connectivity index (χ0n) is 8.61. The smallest absolute Gasteiger partial charge is 0.0340 e. The molecule has 0 aromatic heterocycles. The van der Waals surface area contributed by atoms with Crippen LogP contribution in [0.5, 0.6) is 0 Å². The molecule has 0 amide bonds. The summed E-state index contributed by atoms with van der Waals surface area (Å²) in [5, 5.41) is 0. The lowest BCUT2D eigenvalue weighted by molar-refractivity contribution is 0.258. The molecule has 1 fully saturated rings. The van der Waals surface area contributed by atoms with E-state index in [1.807, 2.05) is 0 Å². The van der Waals surface area contributed by atoms with Crippen molar-refractivity contribution in [2.75, 3.05) is 11.0 Å². The van der Waals surface area contributed by atoms with Crippen LogP contribution in [-0.4, -0.2) is 16.5 Å². The molecular weight excluding hydrogens is 287 g/mol. The molecule has 0 aromatic rings. The van der Waals surface area contributed by atoms with Gasteiger partial charge in [-0.3, -0.25) is 10.9 Å². The van der Waals surface area contributed by atoms with Crippen LogP contribution in [0.25, 0.3) is 0 Å². The SMILES string of the molecule is C#CCCC1(CCI)CCCCNN1. The average Bonchev–Trinajstić information content (AvgIpc) is 2.42. The minimum Gasteiger partial charge on any atom is -0.257 e. The van der Waals surface area contributed by atoms with Crippen molar-refractivity contribution in [3.05, 3.63) is 0 Å². The van der Waals surface area contributed by atoms with Crippen LogP contribution in [0.1, 0.15) is 38.5 Å². The molecule has 2 N–H and O–H groups in total. The highest BCUT2D eigenvalue weighted by molar-refractivity contribution is 14.1. The van der Waals surface area contributed by atoms with Gasteiger partial charge < -0.3 is 0 Å². The van der Waals surface area contributed by atoms with E-state index < -0.39 is 0 Å². The summed E-state index contributed by atoms with van der Waals surface area (Å²) in [4.78, 5) is 0. The van der Waals surface area contributed by atoms with E-state index >= 15 is 0 Å². The Labute approximate surface area is 101 Å². The van der Waals surface area contributed by atoms with Gasteiger partial charge in [0.2, 0.25) is 0 Å². The normalized spacial score (nSPS) is 28.0. The molecular formula is C11H19IN2. The first-order chi connectivity index (χ1) is 6.83. The number of hydrazine groups is 1. The molecule has 0 saturated carbocycles. The Bertz CT molecular complexity index is 190. The van der Waals surface area contributed by atoms with Crippen molar-refractivity contribution in [1.29, 1.82) is 0 Å². The molecule has 2 nitrogen and oxygen atoms in total. The third-order valence-electron chi connectivity index (χ3n) is 2.88. The molecule has 1 rings (SSSR count). The minimum atomic E-state index is 0.254. The van der Waals surface area contributed by atoms with E-state index in [-0.39, 0.29) is 5.54 Å². The van der Waals surface area contributed by atoms with E-state index in [0.29, 0.717) is 0 Å². The third kappa shape index (κ3) is 3.76. The predicted octanol–water partition coefficient (Wildman–Crippen LogP) is 2.24. The first-order valence-electron chi connectivity index (χ1n) is 5.32. The highest BCUT2D eigenvalue weighted by Crippen LogP contribution is 2.26. The van der Waals surface area contributed by atoms with Crippen molar-refractivity contribution in [3.8, 4) is 12.3 Å². The number of nitrogens with one attached hydrogen (secondary N) is 2. The second-order valence-corrected chi connectivity index (χ2v) is 5.01. The summed E-state index contributed by atoms with van der Waals surface area (Å²) in [5.41, 5.74) is 7.04. The Balaban J connectivity index is 2.53. The molecule has 0 radical (unpaired) electrons. The van der Waals surface area contributed by atoms with Crippen molar-refractivity contribution in [2.45, 2.75) is 44.1 Å². The topological polar surface area (TPSA) is 24.1 Å². The van der Waals surface area contributed by atoms with Crippen LogP contribution in [0.4, 0.5) is 0 Å². The van der Waals surface area contributed by atoms with E-state index in [1.165, 1.54) is 30.1 Å². The molecule has 0 bridgehead atoms. The maximum absolute atomic E-state index is 5.34. The average molecular weight is 306 g/mol. The molecule has 1 heterocycles. The molecule has 1 saturated heterocycles. The summed E-state index contributed by atoms with van der Waals surface area (Å²) >= 11 is 2.44. The highest BCUT2D eigenvalue weighted by Gasteiger charge is 2.29. The molecule has 0 aliphatic carbocycles. The molecule has 0 spiro atoms. The number of rotatable bonds is 4. The van der Waals surface area contributed by atoms with Crippen molar-refractivity contribution >= 4 is 22.6 Å². The van der Waals surface area contributed by atoms with E-state index in [4.69, 9.17) is 6.42 Å². The largest absolute Gasteiger partial charge is 0.257 e. The highest BCUT2D eigenvalue weighted by atomic mass is 127. The van der Waals surface area contributed by atoms with E-state index in [9.17, 15) is 0 Å². The molecule has 0 aromatic carbocycles. The van der Waals surface area contributed by atoms with Gasteiger partial charge in [-0.05, 0) is 25.7 Å². The summed E-state index contributed by atoms with van der Waals surface area (Å²) in [5.74, 6) is 2.75. The van der Waals surface area contributed by atoms with Crippen molar-refractivity contribution < 1.29 is 0 Å². The predicted molar refractivity (Wildman–Crippen MR) is 69.3 cm³/mol. The second-order valence-electron chi connectivity index (χ2n) is 3.93. The monoisotopic (exact) mass is 306 g/mol. The first-order valence-corrected chi connectivity index (χ1v) is 6.85. The molecule has 1 aliphatic rings. The Morgan fingerprint density at radius 3 is 2.93 bits per heavy atom. The zero-order chi connectivity index (χ0) is 10.3. The van der Waals surface area contributed by atoms with Crippen molar-refractivity contribution in [1.82, 2.24) is 10.9 Å². The van der Waals surface area contributed by atoms with Gasteiger partial charge in [-0.1, -0.05) is 29.0 Å². The Kier molecular flexibility index (Phi) is 5.83. The zero-order valence-corrected chi connectivity index (χ0v) is 10.8. The van der Waals surface area contributed by atoms with Gasteiger partial charge in [0, 0.05) is 22.9 Å².